The molecule has 1 aliphatic rings. The summed E-state index contributed by atoms with van der Waals surface area (Å²) >= 11 is 1.90. The van der Waals surface area contributed by atoms with E-state index in [1.165, 1.54) is 19.2 Å². The van der Waals surface area contributed by atoms with Crippen LogP contribution in [0.15, 0.2) is 0 Å². The lowest BCUT2D eigenvalue weighted by atomic mass is 10.1. The monoisotopic (exact) mass is 230 g/mol. The Bertz CT molecular complexity index is 250. The van der Waals surface area contributed by atoms with Gasteiger partial charge in [-0.15, -0.1) is 0 Å². The SMILES string of the molecule is CNC(=O)CC(=O)NC[C@@]1(C)CCCS1. The number of nitrogens with one attached hydrogen (secondary N) is 2. The van der Waals surface area contributed by atoms with E-state index in [0.29, 0.717) is 6.54 Å². The van der Waals surface area contributed by atoms with Gasteiger partial charge in [-0.2, -0.15) is 11.8 Å². The standard InChI is InChI=1S/C10H18N2O2S/c1-10(4-3-5-15-10)7-12-9(14)6-8(13)11-2/h3-7H2,1-2H3,(H,11,13)(H,12,14)/t10-/m1/s1. The smallest absolute Gasteiger partial charge is 0.229 e. The van der Waals surface area contributed by atoms with E-state index in [-0.39, 0.29) is 23.0 Å². The molecule has 1 atom stereocenters. The molecule has 1 fully saturated rings. The molecule has 0 spiro atoms. The highest BCUT2D eigenvalue weighted by Crippen LogP contribution is 2.36. The van der Waals surface area contributed by atoms with Crippen LogP contribution in [0.2, 0.25) is 0 Å². The minimum absolute atomic E-state index is 0.0722. The number of rotatable bonds is 4. The van der Waals surface area contributed by atoms with Gasteiger partial charge in [-0.25, -0.2) is 0 Å². The number of thioether (sulfide) groups is 1. The minimum Gasteiger partial charge on any atom is -0.359 e. The fourth-order valence-corrected chi connectivity index (χ4v) is 2.80. The van der Waals surface area contributed by atoms with E-state index in [1.807, 2.05) is 11.8 Å². The molecule has 1 aliphatic heterocycles. The fraction of sp³-hybridized carbons (Fsp3) is 0.800. The van der Waals surface area contributed by atoms with Gasteiger partial charge in [0.1, 0.15) is 6.42 Å². The molecule has 0 aliphatic carbocycles. The van der Waals surface area contributed by atoms with E-state index >= 15 is 0 Å². The van der Waals surface area contributed by atoms with Crippen molar-refractivity contribution in [1.82, 2.24) is 10.6 Å². The molecule has 5 heteroatoms. The number of hydrogen-bond acceptors (Lipinski definition) is 3. The quantitative estimate of drug-likeness (QED) is 0.692. The topological polar surface area (TPSA) is 58.2 Å². The summed E-state index contributed by atoms with van der Waals surface area (Å²) in [4.78, 5) is 22.3. The average Bonchev–Trinajstić information content (AvgIpc) is 2.63. The second-order valence-electron chi connectivity index (χ2n) is 4.03. The van der Waals surface area contributed by atoms with Crippen molar-refractivity contribution in [2.45, 2.75) is 30.9 Å². The van der Waals surface area contributed by atoms with Crippen molar-refractivity contribution >= 4 is 23.6 Å². The Morgan fingerprint density at radius 1 is 1.40 bits per heavy atom. The first-order chi connectivity index (χ1) is 7.06. The van der Waals surface area contributed by atoms with Gasteiger partial charge in [0, 0.05) is 18.3 Å². The Kier molecular flexibility index (Phi) is 4.45. The molecule has 2 amide bonds. The van der Waals surface area contributed by atoms with Crippen molar-refractivity contribution < 1.29 is 9.59 Å². The zero-order valence-corrected chi connectivity index (χ0v) is 10.1. The Balaban J connectivity index is 2.24. The van der Waals surface area contributed by atoms with Crippen LogP contribution in [0.5, 0.6) is 0 Å². The van der Waals surface area contributed by atoms with Crippen molar-refractivity contribution in [1.29, 1.82) is 0 Å². The van der Waals surface area contributed by atoms with Gasteiger partial charge in [-0.3, -0.25) is 9.59 Å². The van der Waals surface area contributed by atoms with Crippen molar-refractivity contribution in [3.63, 3.8) is 0 Å². The molecule has 0 aromatic rings. The molecule has 86 valence electrons. The fourth-order valence-electron chi connectivity index (χ4n) is 1.56. The number of amides is 2. The lowest BCUT2D eigenvalue weighted by Crippen LogP contribution is -2.38. The molecular formula is C10H18N2O2S. The van der Waals surface area contributed by atoms with Crippen LogP contribution in [0, 0.1) is 0 Å². The number of carbonyl (C=O) groups excluding carboxylic acids is 2. The van der Waals surface area contributed by atoms with E-state index in [0.717, 1.165) is 6.42 Å². The third kappa shape index (κ3) is 4.11. The second-order valence-corrected chi connectivity index (χ2v) is 5.71. The summed E-state index contributed by atoms with van der Waals surface area (Å²) in [6.45, 7) is 2.82. The molecule has 1 heterocycles. The summed E-state index contributed by atoms with van der Waals surface area (Å²) in [5.74, 6) is 0.738. The van der Waals surface area contributed by atoms with Crippen molar-refractivity contribution in [3.8, 4) is 0 Å². The van der Waals surface area contributed by atoms with E-state index < -0.39 is 0 Å². The molecule has 2 N–H and O–H groups in total. The molecular weight excluding hydrogens is 212 g/mol. The molecule has 0 saturated carbocycles. The van der Waals surface area contributed by atoms with E-state index in [4.69, 9.17) is 0 Å². The summed E-state index contributed by atoms with van der Waals surface area (Å²) in [5, 5.41) is 5.24. The molecule has 0 aromatic heterocycles. The molecule has 0 unspecified atom stereocenters. The van der Waals surface area contributed by atoms with Gasteiger partial charge in [0.05, 0.1) is 0 Å². The van der Waals surface area contributed by atoms with Crippen LogP contribution in [0.4, 0.5) is 0 Å². The third-order valence-corrected chi connectivity index (χ3v) is 4.10. The molecule has 15 heavy (non-hydrogen) atoms. The molecule has 0 bridgehead atoms. The normalized spacial score (nSPS) is 24.9. The highest BCUT2D eigenvalue weighted by Gasteiger charge is 2.29. The summed E-state index contributed by atoms with van der Waals surface area (Å²) in [5.41, 5.74) is 0. The predicted molar refractivity (Wildman–Crippen MR) is 61.8 cm³/mol. The van der Waals surface area contributed by atoms with Gasteiger partial charge in [-0.1, -0.05) is 0 Å². The van der Waals surface area contributed by atoms with Crippen LogP contribution in [-0.2, 0) is 9.59 Å². The van der Waals surface area contributed by atoms with Gasteiger partial charge in [-0.05, 0) is 25.5 Å². The molecule has 0 aromatic carbocycles. The van der Waals surface area contributed by atoms with Crippen LogP contribution in [0.1, 0.15) is 26.2 Å². The van der Waals surface area contributed by atoms with Crippen LogP contribution < -0.4 is 10.6 Å². The summed E-state index contributed by atoms with van der Waals surface area (Å²) in [6.07, 6.45) is 2.28. The Hall–Kier alpha value is -0.710. The van der Waals surface area contributed by atoms with Gasteiger partial charge in [0.2, 0.25) is 11.8 Å². The van der Waals surface area contributed by atoms with Crippen molar-refractivity contribution in [3.05, 3.63) is 0 Å². The minimum atomic E-state index is -0.239. The highest BCUT2D eigenvalue weighted by molar-refractivity contribution is 8.00. The summed E-state index contributed by atoms with van der Waals surface area (Å²) < 4.78 is 0.165. The van der Waals surface area contributed by atoms with Gasteiger partial charge < -0.3 is 10.6 Å². The first-order valence-corrected chi connectivity index (χ1v) is 6.15. The van der Waals surface area contributed by atoms with Gasteiger partial charge in [0.25, 0.3) is 0 Å². The largest absolute Gasteiger partial charge is 0.359 e. The molecule has 1 rings (SSSR count). The Labute approximate surface area is 94.6 Å². The lowest BCUT2D eigenvalue weighted by Gasteiger charge is -2.22. The van der Waals surface area contributed by atoms with Gasteiger partial charge >= 0.3 is 0 Å². The van der Waals surface area contributed by atoms with Crippen molar-refractivity contribution in [2.24, 2.45) is 0 Å². The zero-order chi connectivity index (χ0) is 11.3. The zero-order valence-electron chi connectivity index (χ0n) is 9.26. The average molecular weight is 230 g/mol. The molecule has 1 saturated heterocycles. The molecule has 0 radical (unpaired) electrons. The lowest BCUT2D eigenvalue weighted by molar-refractivity contribution is -0.129. The van der Waals surface area contributed by atoms with E-state index in [2.05, 4.69) is 17.6 Å². The van der Waals surface area contributed by atoms with Crippen LogP contribution in [0.3, 0.4) is 0 Å². The Morgan fingerprint density at radius 2 is 2.13 bits per heavy atom. The van der Waals surface area contributed by atoms with Crippen molar-refractivity contribution in [2.75, 3.05) is 19.3 Å². The maximum atomic E-state index is 11.3. The highest BCUT2D eigenvalue weighted by atomic mass is 32.2. The van der Waals surface area contributed by atoms with E-state index in [1.54, 1.807) is 0 Å². The first kappa shape index (κ1) is 12.4. The first-order valence-electron chi connectivity index (χ1n) is 5.17. The predicted octanol–water partition coefficient (Wildman–Crippen LogP) is 0.524. The number of carbonyl (C=O) groups is 2. The van der Waals surface area contributed by atoms with Crippen LogP contribution in [0.25, 0.3) is 0 Å². The van der Waals surface area contributed by atoms with E-state index in [9.17, 15) is 9.59 Å². The van der Waals surface area contributed by atoms with Gasteiger partial charge in [0.15, 0.2) is 0 Å². The second kappa shape index (κ2) is 5.39. The molecule has 4 nitrogen and oxygen atoms in total. The van der Waals surface area contributed by atoms with Crippen LogP contribution in [-0.4, -0.2) is 35.9 Å². The number of hydrogen-bond donors (Lipinski definition) is 2. The Morgan fingerprint density at radius 3 is 2.67 bits per heavy atom. The summed E-state index contributed by atoms with van der Waals surface area (Å²) in [6, 6.07) is 0. The maximum Gasteiger partial charge on any atom is 0.229 e. The summed E-state index contributed by atoms with van der Waals surface area (Å²) in [7, 11) is 1.53. The van der Waals surface area contributed by atoms with Crippen LogP contribution >= 0.6 is 11.8 Å². The maximum absolute atomic E-state index is 11.3. The third-order valence-electron chi connectivity index (χ3n) is 2.56.